The van der Waals surface area contributed by atoms with Crippen molar-refractivity contribution in [1.82, 2.24) is 0 Å². The van der Waals surface area contributed by atoms with Crippen molar-refractivity contribution in [2.45, 2.75) is 44.6 Å². The number of fused-ring (bicyclic) bond motifs is 1. The number of anilines is 1. The molecule has 1 aromatic carbocycles. The van der Waals surface area contributed by atoms with Crippen molar-refractivity contribution in [2.75, 3.05) is 11.4 Å². The van der Waals surface area contributed by atoms with Gasteiger partial charge in [0.2, 0.25) is 10.0 Å². The van der Waals surface area contributed by atoms with Gasteiger partial charge in [0.05, 0.1) is 22.6 Å². The van der Waals surface area contributed by atoms with Crippen molar-refractivity contribution >= 4 is 36.0 Å². The Morgan fingerprint density at radius 3 is 2.17 bits per heavy atom. The van der Waals surface area contributed by atoms with Gasteiger partial charge in [-0.3, -0.25) is 4.31 Å². The molecule has 7 nitrogen and oxygen atoms in total. The van der Waals surface area contributed by atoms with Gasteiger partial charge in [0.1, 0.15) is 0 Å². The largest absolute Gasteiger partial charge is 0.494 e. The molecule has 2 aliphatic rings. The normalized spacial score (nSPS) is 22.6. The molecule has 0 aliphatic carbocycles. The summed E-state index contributed by atoms with van der Waals surface area (Å²) in [7, 11) is -2.85. The van der Waals surface area contributed by atoms with E-state index in [4.69, 9.17) is 19.4 Å². The van der Waals surface area contributed by atoms with E-state index < -0.39 is 36.0 Å². The summed E-state index contributed by atoms with van der Waals surface area (Å²) in [4.78, 5) is 0. The van der Waals surface area contributed by atoms with Crippen LogP contribution in [0, 0.1) is 0 Å². The first kappa shape index (κ1) is 19.3. The van der Waals surface area contributed by atoms with Crippen LogP contribution in [0.25, 0.3) is 0 Å². The number of nitrogens with zero attached hydrogens (tertiary/aromatic N) is 1. The highest BCUT2D eigenvalue weighted by Gasteiger charge is 2.51. The Bertz CT molecular complexity index is 706. The molecule has 0 bridgehead atoms. The van der Waals surface area contributed by atoms with Gasteiger partial charge in [0.25, 0.3) is 0 Å². The lowest BCUT2D eigenvalue weighted by atomic mass is 9.78. The predicted molar refractivity (Wildman–Crippen MR) is 94.8 cm³/mol. The Hall–Kier alpha value is -1.06. The predicted octanol–water partition coefficient (Wildman–Crippen LogP) is -0.497. The summed E-state index contributed by atoms with van der Waals surface area (Å²) in [5, 5.41) is 14.2. The summed E-state index contributed by atoms with van der Waals surface area (Å²) in [6, 6.07) is 5.57. The summed E-state index contributed by atoms with van der Waals surface area (Å²) < 4.78 is 37.2. The molecule has 1 saturated heterocycles. The number of hydrogen-bond donors (Lipinski definition) is 2. The van der Waals surface area contributed by atoms with Gasteiger partial charge >= 0.3 is 14.8 Å². The molecule has 132 valence electrons. The minimum Gasteiger partial charge on any atom is -0.430 e. The highest BCUT2D eigenvalue weighted by molar-refractivity contribution is 7.92. The van der Waals surface area contributed by atoms with Crippen molar-refractivity contribution < 1.29 is 27.8 Å². The average Bonchev–Trinajstić information content (AvgIpc) is 2.80. The second-order valence-corrected chi connectivity index (χ2v) is 8.84. The van der Waals surface area contributed by atoms with Crippen LogP contribution in [-0.4, -0.2) is 51.5 Å². The van der Waals surface area contributed by atoms with Crippen molar-refractivity contribution in [1.29, 1.82) is 0 Å². The van der Waals surface area contributed by atoms with Crippen molar-refractivity contribution in [3.8, 4) is 0 Å². The zero-order chi connectivity index (χ0) is 18.3. The molecule has 0 radical (unpaired) electrons. The summed E-state index contributed by atoms with van der Waals surface area (Å²) in [6.45, 7) is 7.99. The van der Waals surface area contributed by atoms with Crippen LogP contribution in [-0.2, 0) is 25.1 Å². The maximum Gasteiger partial charge on any atom is 0.494 e. The second kappa shape index (κ2) is 6.34. The van der Waals surface area contributed by atoms with E-state index in [1.165, 1.54) is 4.31 Å². The zero-order valence-electron chi connectivity index (χ0n) is 14.6. The van der Waals surface area contributed by atoms with Gasteiger partial charge in [-0.2, -0.15) is 0 Å². The minimum absolute atomic E-state index is 0.0339. The van der Waals surface area contributed by atoms with E-state index in [9.17, 15) is 8.42 Å². The van der Waals surface area contributed by atoms with E-state index in [0.29, 0.717) is 0 Å². The smallest absolute Gasteiger partial charge is 0.430 e. The van der Waals surface area contributed by atoms with Crippen molar-refractivity contribution in [3.63, 3.8) is 0 Å². The summed E-state index contributed by atoms with van der Waals surface area (Å²) in [5.41, 5.74) is 1.58. The van der Waals surface area contributed by atoms with Gasteiger partial charge in [-0.05, 0) is 44.8 Å². The van der Waals surface area contributed by atoms with E-state index in [-0.39, 0.29) is 5.75 Å². The molecule has 0 amide bonds. The number of benzene rings is 1. The monoisotopic (exact) mass is 355 g/mol. The molecule has 3 rings (SSSR count). The van der Waals surface area contributed by atoms with Gasteiger partial charge in [0.15, 0.2) is 0 Å². The van der Waals surface area contributed by atoms with E-state index >= 15 is 0 Å². The third-order valence-corrected chi connectivity index (χ3v) is 6.43. The molecule has 2 aliphatic heterocycles. The summed E-state index contributed by atoms with van der Waals surface area (Å²) in [6.07, 6.45) is 0. The van der Waals surface area contributed by atoms with Crippen LogP contribution in [0.1, 0.15) is 33.3 Å². The minimum atomic E-state index is -3.22. The van der Waals surface area contributed by atoms with E-state index in [2.05, 4.69) is 0 Å². The zero-order valence-corrected chi connectivity index (χ0v) is 15.4. The Labute approximate surface area is 144 Å². The topological polar surface area (TPSA) is 96.3 Å². The van der Waals surface area contributed by atoms with E-state index in [0.717, 1.165) is 16.7 Å². The fraction of sp³-hybridized carbons (Fsp3) is 0.571. The number of sulfonamides is 1. The van der Waals surface area contributed by atoms with Gasteiger partial charge in [-0.15, -0.1) is 0 Å². The molecule has 2 heterocycles. The Morgan fingerprint density at radius 2 is 1.67 bits per heavy atom. The van der Waals surface area contributed by atoms with E-state index in [1.54, 1.807) is 7.05 Å². The SMILES string of the molecule is CN1c2ccc(B3OC(C)(C)C(C)(C)O3)cc2CS1(=O)=O.OBO. The first-order chi connectivity index (χ1) is 10.9. The Kier molecular flexibility index (Phi) is 5.09. The lowest BCUT2D eigenvalue weighted by Crippen LogP contribution is -2.41. The Morgan fingerprint density at radius 1 is 1.17 bits per heavy atom. The van der Waals surface area contributed by atoms with Gasteiger partial charge in [-0.1, -0.05) is 12.1 Å². The van der Waals surface area contributed by atoms with Crippen LogP contribution in [0.4, 0.5) is 5.69 Å². The molecule has 1 aromatic rings. The quantitative estimate of drug-likeness (QED) is 0.660. The van der Waals surface area contributed by atoms with Crippen LogP contribution < -0.4 is 9.77 Å². The Balaban J connectivity index is 0.000000647. The lowest BCUT2D eigenvalue weighted by Gasteiger charge is -2.32. The molecular weight excluding hydrogens is 332 g/mol. The molecule has 0 aromatic heterocycles. The first-order valence-electron chi connectivity index (χ1n) is 7.62. The van der Waals surface area contributed by atoms with Crippen LogP contribution >= 0.6 is 0 Å². The maximum absolute atomic E-state index is 11.9. The average molecular weight is 355 g/mol. The molecule has 10 heteroatoms. The first-order valence-corrected chi connectivity index (χ1v) is 9.23. The fourth-order valence-electron chi connectivity index (χ4n) is 2.60. The van der Waals surface area contributed by atoms with Crippen LogP contribution in [0.15, 0.2) is 18.2 Å². The van der Waals surface area contributed by atoms with Gasteiger partial charge in [0, 0.05) is 7.05 Å². The lowest BCUT2D eigenvalue weighted by molar-refractivity contribution is 0.00578. The summed E-state index contributed by atoms with van der Waals surface area (Å²) in [5.74, 6) is 0.0339. The molecule has 0 unspecified atom stereocenters. The molecule has 2 N–H and O–H groups in total. The molecule has 1 fully saturated rings. The van der Waals surface area contributed by atoms with Crippen LogP contribution in [0.5, 0.6) is 0 Å². The molecule has 0 saturated carbocycles. The maximum atomic E-state index is 11.9. The molecular formula is C14H23B2NO6S. The van der Waals surface area contributed by atoms with Gasteiger partial charge < -0.3 is 19.4 Å². The highest BCUT2D eigenvalue weighted by Crippen LogP contribution is 2.37. The summed E-state index contributed by atoms with van der Waals surface area (Å²) >= 11 is 0. The molecule has 0 atom stereocenters. The number of hydrogen-bond acceptors (Lipinski definition) is 6. The van der Waals surface area contributed by atoms with Gasteiger partial charge in [-0.25, -0.2) is 8.42 Å². The standard InChI is InChI=1S/C14H20BNO4S.BH3O2/c1-13(2)14(3,4)20-15(19-13)11-6-7-12-10(8-11)9-21(17,18)16(12)5;2-1-3/h6-8H,9H2,1-5H3;1-3H. The van der Waals surface area contributed by atoms with Crippen LogP contribution in [0.2, 0.25) is 0 Å². The van der Waals surface area contributed by atoms with E-state index in [1.807, 2.05) is 45.9 Å². The fourth-order valence-corrected chi connectivity index (χ4v) is 3.89. The second-order valence-electron chi connectivity index (χ2n) is 6.84. The molecule has 24 heavy (non-hydrogen) atoms. The third kappa shape index (κ3) is 3.34. The van der Waals surface area contributed by atoms with Crippen LogP contribution in [0.3, 0.4) is 0 Å². The van der Waals surface area contributed by atoms with Crippen molar-refractivity contribution in [2.24, 2.45) is 0 Å². The number of rotatable bonds is 1. The highest BCUT2D eigenvalue weighted by atomic mass is 32.2. The van der Waals surface area contributed by atoms with Crippen molar-refractivity contribution in [3.05, 3.63) is 23.8 Å². The third-order valence-electron chi connectivity index (χ3n) is 4.72. The molecule has 0 spiro atoms.